The van der Waals surface area contributed by atoms with Gasteiger partial charge < -0.3 is 4.57 Å². The van der Waals surface area contributed by atoms with Crippen LogP contribution in [0.5, 0.6) is 0 Å². The number of allylic oxidation sites excluding steroid dienone is 4. The molecule has 0 spiro atoms. The first-order valence-corrected chi connectivity index (χ1v) is 7.39. The van der Waals surface area contributed by atoms with Crippen molar-refractivity contribution < 1.29 is 13.2 Å². The van der Waals surface area contributed by atoms with Gasteiger partial charge in [0.1, 0.15) is 0 Å². The Morgan fingerprint density at radius 1 is 1.17 bits per heavy atom. The van der Waals surface area contributed by atoms with Gasteiger partial charge in [-0.3, -0.25) is 0 Å². The highest BCUT2D eigenvalue weighted by Gasteiger charge is 2.44. The van der Waals surface area contributed by atoms with E-state index < -0.39 is 17.3 Å². The smallest absolute Gasteiger partial charge is 0.321 e. The molecule has 0 fully saturated rings. The maximum atomic E-state index is 13.3. The monoisotopic (exact) mass is 318 g/mol. The van der Waals surface area contributed by atoms with E-state index in [0.29, 0.717) is 0 Å². The summed E-state index contributed by atoms with van der Waals surface area (Å²) in [6.07, 6.45) is 2.99. The topological polar surface area (TPSA) is 17.8 Å². The largest absolute Gasteiger partial charge is 0.416 e. The molecule has 1 heterocycles. The van der Waals surface area contributed by atoms with Crippen molar-refractivity contribution in [2.75, 3.05) is 0 Å². The molecule has 3 rings (SSSR count). The lowest BCUT2D eigenvalue weighted by Crippen LogP contribution is -2.41. The van der Waals surface area contributed by atoms with Crippen molar-refractivity contribution in [3.8, 4) is 0 Å². The van der Waals surface area contributed by atoms with Crippen LogP contribution in [0.15, 0.2) is 66.7 Å². The van der Waals surface area contributed by atoms with Gasteiger partial charge in [0.25, 0.3) is 0 Å². The third kappa shape index (κ3) is 2.50. The second-order valence-electron chi connectivity index (χ2n) is 5.84. The molecule has 5 heteroatoms. The van der Waals surface area contributed by atoms with Crippen molar-refractivity contribution in [3.05, 3.63) is 77.9 Å². The molecule has 0 N–H and O–H groups in total. The van der Waals surface area contributed by atoms with Gasteiger partial charge in [0.05, 0.1) is 17.4 Å². The normalized spacial score (nSPS) is 24.6. The molecule has 2 aromatic rings. The minimum Gasteiger partial charge on any atom is -0.321 e. The van der Waals surface area contributed by atoms with E-state index in [-0.39, 0.29) is 5.92 Å². The Hall–Kier alpha value is -2.30. The molecule has 1 aromatic carbocycles. The van der Waals surface area contributed by atoms with Crippen molar-refractivity contribution in [1.82, 2.24) is 9.55 Å². The Bertz CT molecular complexity index is 756. The number of hydrogen-bond acceptors (Lipinski definition) is 1. The number of aryl methyl sites for hydroxylation is 1. The first-order valence-electron chi connectivity index (χ1n) is 7.39. The predicted molar refractivity (Wildman–Crippen MR) is 82.9 cm³/mol. The van der Waals surface area contributed by atoms with Gasteiger partial charge in [-0.05, 0) is 18.6 Å². The quantitative estimate of drug-likeness (QED) is 0.789. The summed E-state index contributed by atoms with van der Waals surface area (Å²) in [6, 6.07) is 9.26. The molecule has 2 nitrogen and oxygen atoms in total. The van der Waals surface area contributed by atoms with E-state index in [1.54, 1.807) is 18.6 Å². The number of aromatic nitrogens is 2. The maximum absolute atomic E-state index is 13.3. The van der Waals surface area contributed by atoms with Gasteiger partial charge in [-0.1, -0.05) is 49.4 Å². The number of nitrogens with zero attached hydrogens (tertiary/aromatic N) is 2. The summed E-state index contributed by atoms with van der Waals surface area (Å²) in [7, 11) is 0. The Kier molecular flexibility index (Phi) is 3.66. The van der Waals surface area contributed by atoms with Gasteiger partial charge in [0, 0.05) is 17.8 Å². The highest BCUT2D eigenvalue weighted by molar-refractivity contribution is 5.43. The molecule has 0 bridgehead atoms. The molecule has 1 aliphatic rings. The number of alkyl halides is 3. The van der Waals surface area contributed by atoms with Crippen LogP contribution < -0.4 is 0 Å². The summed E-state index contributed by atoms with van der Waals surface area (Å²) < 4.78 is 41.8. The number of halogens is 3. The Labute approximate surface area is 133 Å². The number of benzene rings is 1. The average Bonchev–Trinajstić information content (AvgIpc) is 2.94. The van der Waals surface area contributed by atoms with Crippen LogP contribution in [0.4, 0.5) is 13.2 Å². The van der Waals surface area contributed by atoms with Gasteiger partial charge in [0.15, 0.2) is 0 Å². The van der Waals surface area contributed by atoms with Gasteiger partial charge >= 0.3 is 6.18 Å². The van der Waals surface area contributed by atoms with Crippen LogP contribution in [-0.4, -0.2) is 15.7 Å². The predicted octanol–water partition coefficient (Wildman–Crippen LogP) is 4.63. The fourth-order valence-corrected chi connectivity index (χ4v) is 3.22. The minimum atomic E-state index is -4.38. The van der Waals surface area contributed by atoms with E-state index in [1.807, 2.05) is 48.7 Å². The molecule has 0 radical (unpaired) electrons. The first-order chi connectivity index (χ1) is 10.9. The molecular weight excluding hydrogens is 301 g/mol. The van der Waals surface area contributed by atoms with Crippen LogP contribution >= 0.6 is 0 Å². The van der Waals surface area contributed by atoms with Crippen molar-refractivity contribution in [2.24, 2.45) is 5.92 Å². The lowest BCUT2D eigenvalue weighted by atomic mass is 9.74. The molecule has 120 valence electrons. The molecular formula is C18H17F3N2. The van der Waals surface area contributed by atoms with E-state index in [1.165, 1.54) is 6.08 Å². The summed E-state index contributed by atoms with van der Waals surface area (Å²) >= 11 is 0. The van der Waals surface area contributed by atoms with E-state index in [4.69, 9.17) is 0 Å². The molecule has 23 heavy (non-hydrogen) atoms. The number of hydrogen-bond donors (Lipinski definition) is 0. The molecule has 0 amide bonds. The van der Waals surface area contributed by atoms with Crippen LogP contribution in [0.25, 0.3) is 0 Å². The summed E-state index contributed by atoms with van der Waals surface area (Å²) in [5.74, 6) is -0.149. The van der Waals surface area contributed by atoms with Crippen molar-refractivity contribution >= 4 is 0 Å². The molecule has 1 aliphatic carbocycles. The molecule has 0 saturated heterocycles. The van der Waals surface area contributed by atoms with E-state index in [9.17, 15) is 13.2 Å². The van der Waals surface area contributed by atoms with E-state index >= 15 is 0 Å². The summed E-state index contributed by atoms with van der Waals surface area (Å²) in [4.78, 5) is 4.12. The second-order valence-corrected chi connectivity index (χ2v) is 5.84. The van der Waals surface area contributed by atoms with Crippen LogP contribution in [0.1, 0.15) is 18.2 Å². The minimum absolute atomic E-state index is 0.149. The second kappa shape index (κ2) is 5.41. The Morgan fingerprint density at radius 3 is 2.43 bits per heavy atom. The van der Waals surface area contributed by atoms with Crippen molar-refractivity contribution in [2.45, 2.75) is 25.6 Å². The van der Waals surface area contributed by atoms with Crippen LogP contribution in [0.2, 0.25) is 0 Å². The molecule has 0 aliphatic heterocycles. The van der Waals surface area contributed by atoms with Gasteiger partial charge in [-0.15, -0.1) is 0 Å². The third-order valence-corrected chi connectivity index (χ3v) is 4.42. The third-order valence-electron chi connectivity index (χ3n) is 4.42. The molecule has 1 aromatic heterocycles. The maximum Gasteiger partial charge on any atom is 0.416 e. The van der Waals surface area contributed by atoms with Crippen molar-refractivity contribution in [3.63, 3.8) is 0 Å². The fourth-order valence-electron chi connectivity index (χ4n) is 3.22. The fraction of sp³-hybridized carbons (Fsp3) is 0.278. The zero-order chi connectivity index (χ0) is 16.7. The number of imidazole rings is 1. The van der Waals surface area contributed by atoms with Crippen molar-refractivity contribution in [1.29, 1.82) is 0 Å². The molecule has 2 unspecified atom stereocenters. The van der Waals surface area contributed by atoms with Gasteiger partial charge in [-0.25, -0.2) is 4.98 Å². The average molecular weight is 318 g/mol. The first kappa shape index (κ1) is 15.6. The van der Waals surface area contributed by atoms with E-state index in [0.717, 1.165) is 17.3 Å². The van der Waals surface area contributed by atoms with Crippen LogP contribution in [0.3, 0.4) is 0 Å². The zero-order valence-corrected chi connectivity index (χ0v) is 12.9. The zero-order valence-electron chi connectivity index (χ0n) is 12.9. The summed E-state index contributed by atoms with van der Waals surface area (Å²) in [5, 5.41) is 0. The summed E-state index contributed by atoms with van der Waals surface area (Å²) in [5.41, 5.74) is 0.0441. The molecule has 2 atom stereocenters. The van der Waals surface area contributed by atoms with Crippen LogP contribution in [-0.2, 0) is 5.54 Å². The molecule has 0 saturated carbocycles. The highest BCUT2D eigenvalue weighted by Crippen LogP contribution is 2.44. The number of rotatable bonds is 2. The van der Waals surface area contributed by atoms with E-state index in [2.05, 4.69) is 4.98 Å². The SMILES string of the molecule is Cc1cncn1C1(c2ccccc2)C=C(C(F)(F)F)C=CC1C. The highest BCUT2D eigenvalue weighted by atomic mass is 19.4. The van der Waals surface area contributed by atoms with Gasteiger partial charge in [-0.2, -0.15) is 13.2 Å². The standard InChI is InChI=1S/C18H17F3N2/c1-13-8-9-16(18(19,20)21)10-17(13,15-6-4-3-5-7-15)23-12-22-11-14(23)2/h3-13H,1-2H3. The lowest BCUT2D eigenvalue weighted by molar-refractivity contribution is -0.0894. The summed E-state index contributed by atoms with van der Waals surface area (Å²) in [6.45, 7) is 3.77. The lowest BCUT2D eigenvalue weighted by Gasteiger charge is -2.41. The van der Waals surface area contributed by atoms with Gasteiger partial charge in [0.2, 0.25) is 0 Å². The van der Waals surface area contributed by atoms with Crippen LogP contribution in [0, 0.1) is 12.8 Å². The Balaban J connectivity index is 2.31. The Morgan fingerprint density at radius 2 is 1.87 bits per heavy atom.